The Balaban J connectivity index is 1.88. The van der Waals surface area contributed by atoms with Gasteiger partial charge in [0.1, 0.15) is 5.01 Å². The average Bonchev–Trinajstić information content (AvgIpc) is 2.75. The van der Waals surface area contributed by atoms with Gasteiger partial charge < -0.3 is 10.1 Å². The van der Waals surface area contributed by atoms with Gasteiger partial charge in [0.25, 0.3) is 0 Å². The first-order valence-corrected chi connectivity index (χ1v) is 6.45. The third-order valence-corrected chi connectivity index (χ3v) is 3.40. The van der Waals surface area contributed by atoms with Gasteiger partial charge >= 0.3 is 0 Å². The summed E-state index contributed by atoms with van der Waals surface area (Å²) < 4.78 is 18.3. The summed E-state index contributed by atoms with van der Waals surface area (Å²) in [6.07, 6.45) is 1.86. The van der Waals surface area contributed by atoms with Gasteiger partial charge in [-0.05, 0) is 24.6 Å². The molecule has 1 aromatic carbocycles. The molecular formula is C13H15FN2OS. The molecule has 0 radical (unpaired) electrons. The quantitative estimate of drug-likeness (QED) is 0.903. The van der Waals surface area contributed by atoms with Crippen molar-refractivity contribution in [2.24, 2.45) is 0 Å². The molecule has 3 nitrogen and oxygen atoms in total. The van der Waals surface area contributed by atoms with Crippen molar-refractivity contribution in [3.05, 3.63) is 45.7 Å². The minimum atomic E-state index is -0.332. The maximum absolute atomic E-state index is 13.4. The smallest absolute Gasteiger partial charge is 0.165 e. The molecule has 2 aromatic rings. The monoisotopic (exact) mass is 266 g/mol. The molecular weight excluding hydrogens is 251 g/mol. The number of halogens is 1. The maximum atomic E-state index is 13.4. The number of aromatic nitrogens is 1. The predicted molar refractivity (Wildman–Crippen MR) is 70.3 cm³/mol. The summed E-state index contributed by atoms with van der Waals surface area (Å²) in [5, 5.41) is 4.28. The minimum absolute atomic E-state index is 0.272. The van der Waals surface area contributed by atoms with Crippen LogP contribution in [0.15, 0.2) is 24.4 Å². The molecule has 2 rings (SSSR count). The molecule has 1 N–H and O–H groups in total. The van der Waals surface area contributed by atoms with Crippen LogP contribution in [0.1, 0.15) is 15.4 Å². The molecule has 0 saturated heterocycles. The fourth-order valence-corrected chi connectivity index (χ4v) is 2.37. The Morgan fingerprint density at radius 2 is 2.22 bits per heavy atom. The third kappa shape index (κ3) is 3.27. The van der Waals surface area contributed by atoms with Crippen LogP contribution in [-0.4, -0.2) is 12.1 Å². The molecule has 0 bridgehead atoms. The topological polar surface area (TPSA) is 34.1 Å². The summed E-state index contributed by atoms with van der Waals surface area (Å²) in [6.45, 7) is 3.34. The summed E-state index contributed by atoms with van der Waals surface area (Å²) in [4.78, 5) is 5.45. The summed E-state index contributed by atoms with van der Waals surface area (Å²) in [5.41, 5.74) is 0.890. The highest BCUT2D eigenvalue weighted by Gasteiger charge is 2.03. The molecule has 96 valence electrons. The van der Waals surface area contributed by atoms with Crippen molar-refractivity contribution in [1.29, 1.82) is 0 Å². The van der Waals surface area contributed by atoms with Gasteiger partial charge in [-0.2, -0.15) is 0 Å². The van der Waals surface area contributed by atoms with Crippen molar-refractivity contribution >= 4 is 11.3 Å². The first-order valence-electron chi connectivity index (χ1n) is 5.63. The van der Waals surface area contributed by atoms with E-state index >= 15 is 0 Å². The van der Waals surface area contributed by atoms with E-state index in [1.165, 1.54) is 18.1 Å². The van der Waals surface area contributed by atoms with Gasteiger partial charge in [0.15, 0.2) is 11.6 Å². The molecule has 1 aromatic heterocycles. The van der Waals surface area contributed by atoms with Crippen molar-refractivity contribution in [3.63, 3.8) is 0 Å². The van der Waals surface area contributed by atoms with Crippen LogP contribution in [0.25, 0.3) is 0 Å². The second-order valence-electron chi connectivity index (χ2n) is 3.94. The third-order valence-electron chi connectivity index (χ3n) is 2.49. The molecule has 0 amide bonds. The predicted octanol–water partition coefficient (Wildman–Crippen LogP) is 2.89. The first kappa shape index (κ1) is 13.0. The van der Waals surface area contributed by atoms with Crippen molar-refractivity contribution in [2.45, 2.75) is 20.0 Å². The van der Waals surface area contributed by atoms with Crippen molar-refractivity contribution in [2.75, 3.05) is 7.11 Å². The molecule has 0 fully saturated rings. The van der Waals surface area contributed by atoms with E-state index in [4.69, 9.17) is 4.74 Å². The van der Waals surface area contributed by atoms with Gasteiger partial charge in [-0.3, -0.25) is 0 Å². The summed E-state index contributed by atoms with van der Waals surface area (Å²) >= 11 is 1.66. The van der Waals surface area contributed by atoms with Gasteiger partial charge in [-0.15, -0.1) is 11.3 Å². The number of benzene rings is 1. The summed E-state index contributed by atoms with van der Waals surface area (Å²) in [7, 11) is 1.46. The zero-order chi connectivity index (χ0) is 13.0. The number of ether oxygens (including phenoxy) is 1. The van der Waals surface area contributed by atoms with Gasteiger partial charge in [0, 0.05) is 24.2 Å². The molecule has 5 heteroatoms. The Morgan fingerprint density at radius 3 is 2.83 bits per heavy atom. The van der Waals surface area contributed by atoms with Crippen molar-refractivity contribution in [3.8, 4) is 5.75 Å². The standard InChI is InChI=1S/C13H15FN2OS/c1-9-6-16-13(18-9)8-15-7-10-3-4-12(17-2)11(14)5-10/h3-6,15H,7-8H2,1-2H3. The van der Waals surface area contributed by atoms with Crippen LogP contribution in [-0.2, 0) is 13.1 Å². The maximum Gasteiger partial charge on any atom is 0.165 e. The normalized spacial score (nSPS) is 10.6. The van der Waals surface area contributed by atoms with E-state index in [1.54, 1.807) is 17.4 Å². The van der Waals surface area contributed by atoms with Gasteiger partial charge in [0.05, 0.1) is 7.11 Å². The van der Waals surface area contributed by atoms with Crippen LogP contribution in [0.2, 0.25) is 0 Å². The number of methoxy groups -OCH3 is 1. The van der Waals surface area contributed by atoms with E-state index in [0.29, 0.717) is 13.1 Å². The van der Waals surface area contributed by atoms with E-state index in [2.05, 4.69) is 10.3 Å². The summed E-state index contributed by atoms with van der Waals surface area (Å²) in [5.74, 6) is -0.0591. The van der Waals surface area contributed by atoms with Crippen LogP contribution in [0.3, 0.4) is 0 Å². The highest BCUT2D eigenvalue weighted by Crippen LogP contribution is 2.17. The molecule has 0 atom stereocenters. The lowest BCUT2D eigenvalue weighted by Gasteiger charge is -2.06. The number of nitrogens with one attached hydrogen (secondary N) is 1. The van der Waals surface area contributed by atoms with Crippen LogP contribution in [0, 0.1) is 12.7 Å². The number of hydrogen-bond acceptors (Lipinski definition) is 4. The minimum Gasteiger partial charge on any atom is -0.494 e. The van der Waals surface area contributed by atoms with E-state index < -0.39 is 0 Å². The highest BCUT2D eigenvalue weighted by molar-refractivity contribution is 7.11. The van der Waals surface area contributed by atoms with Gasteiger partial charge in [-0.1, -0.05) is 6.07 Å². The van der Waals surface area contributed by atoms with Gasteiger partial charge in [-0.25, -0.2) is 9.37 Å². The van der Waals surface area contributed by atoms with Crippen LogP contribution in [0.5, 0.6) is 5.75 Å². The Bertz CT molecular complexity index is 527. The average molecular weight is 266 g/mol. The molecule has 0 unspecified atom stereocenters. The lowest BCUT2D eigenvalue weighted by Crippen LogP contribution is -2.12. The molecule has 0 aliphatic carbocycles. The fraction of sp³-hybridized carbons (Fsp3) is 0.308. The zero-order valence-corrected chi connectivity index (χ0v) is 11.2. The van der Waals surface area contributed by atoms with Crippen LogP contribution < -0.4 is 10.1 Å². The first-order chi connectivity index (χ1) is 8.69. The highest BCUT2D eigenvalue weighted by atomic mass is 32.1. The fourth-order valence-electron chi connectivity index (χ4n) is 1.62. The lowest BCUT2D eigenvalue weighted by molar-refractivity contribution is 0.386. The molecule has 0 saturated carbocycles. The molecule has 18 heavy (non-hydrogen) atoms. The number of thiazole rings is 1. The van der Waals surface area contributed by atoms with Crippen LogP contribution in [0.4, 0.5) is 4.39 Å². The lowest BCUT2D eigenvalue weighted by atomic mass is 10.2. The van der Waals surface area contributed by atoms with Crippen molar-refractivity contribution < 1.29 is 9.13 Å². The Labute approximate surface area is 110 Å². The molecule has 0 aliphatic heterocycles. The SMILES string of the molecule is COc1ccc(CNCc2ncc(C)s2)cc1F. The summed E-state index contributed by atoms with van der Waals surface area (Å²) in [6, 6.07) is 4.97. The van der Waals surface area contributed by atoms with Crippen LogP contribution >= 0.6 is 11.3 Å². The number of rotatable bonds is 5. The number of nitrogens with zero attached hydrogens (tertiary/aromatic N) is 1. The Hall–Kier alpha value is -1.46. The zero-order valence-electron chi connectivity index (χ0n) is 10.4. The van der Waals surface area contributed by atoms with E-state index in [9.17, 15) is 4.39 Å². The second kappa shape index (κ2) is 5.93. The molecule has 1 heterocycles. The van der Waals surface area contributed by atoms with Gasteiger partial charge in [0.2, 0.25) is 0 Å². The van der Waals surface area contributed by atoms with E-state index in [-0.39, 0.29) is 11.6 Å². The molecule has 0 spiro atoms. The van der Waals surface area contributed by atoms with Crippen molar-refractivity contribution in [1.82, 2.24) is 10.3 Å². The van der Waals surface area contributed by atoms with E-state index in [0.717, 1.165) is 10.6 Å². The Kier molecular flexibility index (Phi) is 4.28. The number of hydrogen-bond donors (Lipinski definition) is 1. The largest absolute Gasteiger partial charge is 0.494 e. The Morgan fingerprint density at radius 1 is 1.39 bits per heavy atom. The number of aryl methyl sites for hydroxylation is 1. The second-order valence-corrected chi connectivity index (χ2v) is 5.26. The van der Waals surface area contributed by atoms with E-state index in [1.807, 2.05) is 19.2 Å². The molecule has 0 aliphatic rings.